The van der Waals surface area contributed by atoms with E-state index in [1.54, 1.807) is 22.2 Å². The first-order valence-corrected chi connectivity index (χ1v) is 7.30. The van der Waals surface area contributed by atoms with Gasteiger partial charge in [-0.25, -0.2) is 0 Å². The molecule has 3 rings (SSSR count). The number of nitrogens with one attached hydrogen (secondary N) is 1. The highest BCUT2D eigenvalue weighted by Crippen LogP contribution is 2.24. The van der Waals surface area contributed by atoms with Crippen molar-refractivity contribution in [3.05, 3.63) is 46.4 Å². The van der Waals surface area contributed by atoms with Crippen LogP contribution >= 0.6 is 0 Å². The van der Waals surface area contributed by atoms with Gasteiger partial charge in [-0.1, -0.05) is 18.2 Å². The SMILES string of the molecule is CC(C)NC(=O)c1cc2c(=O)n(C)c3ccccc3c2n1C. The van der Waals surface area contributed by atoms with Gasteiger partial charge in [0.25, 0.3) is 11.5 Å². The first-order chi connectivity index (χ1) is 10.4. The molecule has 2 aromatic heterocycles. The number of benzene rings is 1. The lowest BCUT2D eigenvalue weighted by Crippen LogP contribution is -2.31. The Morgan fingerprint density at radius 3 is 2.45 bits per heavy atom. The van der Waals surface area contributed by atoms with Crippen LogP contribution in [-0.4, -0.2) is 21.1 Å². The fourth-order valence-electron chi connectivity index (χ4n) is 2.90. The molecule has 0 unspecified atom stereocenters. The number of hydrogen-bond donors (Lipinski definition) is 1. The molecule has 0 atom stereocenters. The van der Waals surface area contributed by atoms with E-state index in [0.29, 0.717) is 11.1 Å². The summed E-state index contributed by atoms with van der Waals surface area (Å²) in [6.45, 7) is 3.82. The number of para-hydroxylation sites is 1. The van der Waals surface area contributed by atoms with Crippen molar-refractivity contribution in [2.75, 3.05) is 0 Å². The van der Waals surface area contributed by atoms with Crippen LogP contribution in [0.2, 0.25) is 0 Å². The van der Waals surface area contributed by atoms with Crippen molar-refractivity contribution >= 4 is 27.7 Å². The fourth-order valence-corrected chi connectivity index (χ4v) is 2.90. The number of aromatic nitrogens is 2. The third-order valence-electron chi connectivity index (χ3n) is 3.94. The molecule has 1 aromatic carbocycles. The molecule has 1 amide bonds. The second-order valence-corrected chi connectivity index (χ2v) is 5.86. The van der Waals surface area contributed by atoms with Gasteiger partial charge in [-0.3, -0.25) is 9.59 Å². The highest BCUT2D eigenvalue weighted by molar-refractivity contribution is 6.08. The van der Waals surface area contributed by atoms with Crippen molar-refractivity contribution in [3.63, 3.8) is 0 Å². The zero-order valence-corrected chi connectivity index (χ0v) is 13.2. The first kappa shape index (κ1) is 14.4. The molecule has 0 spiro atoms. The summed E-state index contributed by atoms with van der Waals surface area (Å²) in [5.41, 5.74) is 2.06. The van der Waals surface area contributed by atoms with Gasteiger partial charge in [0.15, 0.2) is 0 Å². The van der Waals surface area contributed by atoms with E-state index in [1.807, 2.05) is 45.2 Å². The number of amides is 1. The summed E-state index contributed by atoms with van der Waals surface area (Å²) in [5.74, 6) is -0.167. The maximum Gasteiger partial charge on any atom is 0.268 e. The summed E-state index contributed by atoms with van der Waals surface area (Å²) in [5, 5.41) is 4.41. The van der Waals surface area contributed by atoms with Crippen molar-refractivity contribution in [1.29, 1.82) is 0 Å². The monoisotopic (exact) mass is 297 g/mol. The first-order valence-electron chi connectivity index (χ1n) is 7.30. The fraction of sp³-hybridized carbons (Fsp3) is 0.294. The van der Waals surface area contributed by atoms with Crippen LogP contribution in [0.1, 0.15) is 24.3 Å². The lowest BCUT2D eigenvalue weighted by molar-refractivity contribution is 0.0935. The Balaban J connectivity index is 2.40. The standard InChI is InChI=1S/C17H19N3O2/c1-10(2)18-16(21)14-9-12-15(19(14)3)11-7-5-6-8-13(11)20(4)17(12)22/h5-10H,1-4H3,(H,18,21). The van der Waals surface area contributed by atoms with Crippen molar-refractivity contribution in [2.24, 2.45) is 14.1 Å². The molecule has 5 nitrogen and oxygen atoms in total. The molecule has 0 aliphatic carbocycles. The molecule has 114 valence electrons. The number of hydrogen-bond acceptors (Lipinski definition) is 2. The van der Waals surface area contributed by atoms with E-state index < -0.39 is 0 Å². The van der Waals surface area contributed by atoms with Crippen molar-refractivity contribution in [3.8, 4) is 0 Å². The van der Waals surface area contributed by atoms with Crippen LogP contribution in [0, 0.1) is 0 Å². The maximum atomic E-state index is 12.6. The zero-order chi connectivity index (χ0) is 16.0. The Labute approximate surface area is 128 Å². The van der Waals surface area contributed by atoms with E-state index >= 15 is 0 Å². The molecule has 0 aliphatic rings. The van der Waals surface area contributed by atoms with E-state index in [2.05, 4.69) is 5.32 Å². The lowest BCUT2D eigenvalue weighted by Gasteiger charge is -2.10. The molecule has 0 saturated carbocycles. The van der Waals surface area contributed by atoms with Crippen molar-refractivity contribution < 1.29 is 4.79 Å². The molecule has 22 heavy (non-hydrogen) atoms. The Kier molecular flexibility index (Phi) is 3.28. The van der Waals surface area contributed by atoms with Gasteiger partial charge in [-0.05, 0) is 26.0 Å². The minimum absolute atomic E-state index is 0.0464. The number of pyridine rings is 1. The summed E-state index contributed by atoms with van der Waals surface area (Å²) >= 11 is 0. The van der Waals surface area contributed by atoms with Crippen LogP contribution in [0.15, 0.2) is 35.1 Å². The number of nitrogens with zero attached hydrogens (tertiary/aromatic N) is 2. The van der Waals surface area contributed by atoms with Gasteiger partial charge in [0.05, 0.1) is 16.4 Å². The summed E-state index contributed by atoms with van der Waals surface area (Å²) in [7, 11) is 3.58. The van der Waals surface area contributed by atoms with Crippen LogP contribution in [0.25, 0.3) is 21.8 Å². The molecule has 0 aliphatic heterocycles. The average molecular weight is 297 g/mol. The largest absolute Gasteiger partial charge is 0.349 e. The predicted molar refractivity (Wildman–Crippen MR) is 88.3 cm³/mol. The van der Waals surface area contributed by atoms with Crippen LogP contribution in [-0.2, 0) is 14.1 Å². The molecule has 3 aromatic rings. The second-order valence-electron chi connectivity index (χ2n) is 5.86. The van der Waals surface area contributed by atoms with E-state index in [9.17, 15) is 9.59 Å². The van der Waals surface area contributed by atoms with Crippen molar-refractivity contribution in [2.45, 2.75) is 19.9 Å². The summed E-state index contributed by atoms with van der Waals surface area (Å²) in [6.07, 6.45) is 0. The average Bonchev–Trinajstić information content (AvgIpc) is 2.82. The van der Waals surface area contributed by atoms with Gasteiger partial charge in [0.2, 0.25) is 0 Å². The molecule has 0 bridgehead atoms. The van der Waals surface area contributed by atoms with Crippen LogP contribution < -0.4 is 10.9 Å². The molecule has 1 N–H and O–H groups in total. The maximum absolute atomic E-state index is 12.6. The Bertz CT molecular complexity index is 948. The molecule has 0 radical (unpaired) electrons. The molecular formula is C17H19N3O2. The normalized spacial score (nSPS) is 11.5. The van der Waals surface area contributed by atoms with E-state index in [1.165, 1.54) is 0 Å². The third kappa shape index (κ3) is 2.01. The zero-order valence-electron chi connectivity index (χ0n) is 13.2. The summed E-state index contributed by atoms with van der Waals surface area (Å²) < 4.78 is 3.43. The summed E-state index contributed by atoms with van der Waals surface area (Å²) in [6, 6.07) is 9.46. The Morgan fingerprint density at radius 1 is 1.09 bits per heavy atom. The van der Waals surface area contributed by atoms with E-state index in [4.69, 9.17) is 0 Å². The number of fused-ring (bicyclic) bond motifs is 3. The second kappa shape index (κ2) is 5.02. The van der Waals surface area contributed by atoms with Gasteiger partial charge >= 0.3 is 0 Å². The molecule has 0 fully saturated rings. The van der Waals surface area contributed by atoms with Crippen molar-refractivity contribution in [1.82, 2.24) is 14.5 Å². The molecule has 2 heterocycles. The minimum Gasteiger partial charge on any atom is -0.349 e. The summed E-state index contributed by atoms with van der Waals surface area (Å²) in [4.78, 5) is 24.9. The van der Waals surface area contributed by atoms with Crippen LogP contribution in [0.4, 0.5) is 0 Å². The lowest BCUT2D eigenvalue weighted by atomic mass is 10.1. The van der Waals surface area contributed by atoms with Gasteiger partial charge in [-0.15, -0.1) is 0 Å². The topological polar surface area (TPSA) is 56.0 Å². The molecule has 0 saturated heterocycles. The highest BCUT2D eigenvalue weighted by Gasteiger charge is 2.18. The van der Waals surface area contributed by atoms with E-state index in [-0.39, 0.29) is 17.5 Å². The van der Waals surface area contributed by atoms with E-state index in [0.717, 1.165) is 16.4 Å². The Hall–Kier alpha value is -2.56. The predicted octanol–water partition coefficient (Wildman–Crippen LogP) is 2.17. The molecule has 5 heteroatoms. The number of carbonyl (C=O) groups excluding carboxylic acids is 1. The smallest absolute Gasteiger partial charge is 0.268 e. The van der Waals surface area contributed by atoms with Gasteiger partial charge in [-0.2, -0.15) is 0 Å². The highest BCUT2D eigenvalue weighted by atomic mass is 16.2. The number of rotatable bonds is 2. The van der Waals surface area contributed by atoms with Gasteiger partial charge in [0, 0.05) is 25.5 Å². The van der Waals surface area contributed by atoms with Crippen LogP contribution in [0.3, 0.4) is 0 Å². The van der Waals surface area contributed by atoms with Gasteiger partial charge < -0.3 is 14.5 Å². The quantitative estimate of drug-likeness (QED) is 0.788. The number of aryl methyl sites for hydroxylation is 2. The van der Waals surface area contributed by atoms with Gasteiger partial charge in [0.1, 0.15) is 5.69 Å². The Morgan fingerprint density at radius 2 is 1.77 bits per heavy atom. The molecular weight excluding hydrogens is 278 g/mol. The van der Waals surface area contributed by atoms with Crippen LogP contribution in [0.5, 0.6) is 0 Å². The third-order valence-corrected chi connectivity index (χ3v) is 3.94. The number of carbonyl (C=O) groups is 1. The minimum atomic E-state index is -0.167.